The number of benzene rings is 3. The molecule has 3 aromatic carbocycles. The molecule has 0 atom stereocenters. The lowest BCUT2D eigenvalue weighted by atomic mass is 9.98. The molecule has 50 heavy (non-hydrogen) atoms. The first-order valence-corrected chi connectivity index (χ1v) is 17.4. The van der Waals surface area contributed by atoms with E-state index < -0.39 is 5.97 Å². The van der Waals surface area contributed by atoms with Crippen LogP contribution in [0.25, 0.3) is 32.9 Å². The molecule has 4 heterocycles. The molecule has 0 radical (unpaired) electrons. The fourth-order valence-electron chi connectivity index (χ4n) is 7.44. The van der Waals surface area contributed by atoms with Crippen LogP contribution in [-0.4, -0.2) is 54.3 Å². The minimum Gasteiger partial charge on any atom is -0.494 e. The molecule has 1 amide bonds. The first-order chi connectivity index (χ1) is 23.9. The normalized spacial score (nSPS) is 13.4. The SMILES string of the molecule is Cc1cc(OCCCc2c3n(c4c(-c5c(C)nn(C)c5C)c(Cl)ccc24)CCCN(c2cc(C(=O)O)cc4c2cnn4C)C3=O)cc(C)c1Cl. The van der Waals surface area contributed by atoms with Crippen molar-refractivity contribution in [2.45, 2.75) is 53.5 Å². The second-order valence-corrected chi connectivity index (χ2v) is 13.9. The first-order valence-electron chi connectivity index (χ1n) is 16.6. The molecule has 3 aromatic heterocycles. The third-order valence-electron chi connectivity index (χ3n) is 9.88. The number of carbonyl (C=O) groups is 2. The summed E-state index contributed by atoms with van der Waals surface area (Å²) in [4.78, 5) is 29.0. The van der Waals surface area contributed by atoms with E-state index >= 15 is 4.79 Å². The molecule has 12 heteroatoms. The predicted octanol–water partition coefficient (Wildman–Crippen LogP) is 8.23. The van der Waals surface area contributed by atoms with E-state index in [1.807, 2.05) is 63.7 Å². The lowest BCUT2D eigenvalue weighted by molar-refractivity contribution is 0.0696. The molecule has 0 bridgehead atoms. The predicted molar refractivity (Wildman–Crippen MR) is 197 cm³/mol. The van der Waals surface area contributed by atoms with Gasteiger partial charge in [-0.3, -0.25) is 14.2 Å². The second kappa shape index (κ2) is 12.8. The summed E-state index contributed by atoms with van der Waals surface area (Å²) < 4.78 is 11.8. The minimum atomic E-state index is -1.07. The number of anilines is 1. The van der Waals surface area contributed by atoms with Crippen molar-refractivity contribution in [1.29, 1.82) is 0 Å². The van der Waals surface area contributed by atoms with E-state index in [-0.39, 0.29) is 11.5 Å². The number of aromatic carboxylic acids is 1. The number of nitrogens with zero attached hydrogens (tertiary/aromatic N) is 6. The molecule has 10 nitrogen and oxygen atoms in total. The van der Waals surface area contributed by atoms with Gasteiger partial charge in [-0.05, 0) is 94.0 Å². The highest BCUT2D eigenvalue weighted by molar-refractivity contribution is 6.35. The summed E-state index contributed by atoms with van der Waals surface area (Å²) in [5.74, 6) is -0.519. The van der Waals surface area contributed by atoms with Crippen LogP contribution in [0.1, 0.15) is 61.8 Å². The Balaban J connectivity index is 1.38. The maximum absolute atomic E-state index is 15.0. The number of fused-ring (bicyclic) bond motifs is 4. The summed E-state index contributed by atoms with van der Waals surface area (Å²) in [6.45, 7) is 9.31. The van der Waals surface area contributed by atoms with Gasteiger partial charge in [0.15, 0.2) is 0 Å². The molecule has 1 aliphatic heterocycles. The van der Waals surface area contributed by atoms with Gasteiger partial charge in [0, 0.05) is 59.8 Å². The van der Waals surface area contributed by atoms with Gasteiger partial charge in [0.2, 0.25) is 0 Å². The number of hydrogen-bond donors (Lipinski definition) is 1. The van der Waals surface area contributed by atoms with Crippen LogP contribution < -0.4 is 9.64 Å². The number of ether oxygens (including phenoxy) is 1. The molecule has 6 aromatic rings. The number of carbonyl (C=O) groups excluding carboxylic acids is 1. The number of rotatable bonds is 8. The molecule has 7 rings (SSSR count). The van der Waals surface area contributed by atoms with Gasteiger partial charge < -0.3 is 19.3 Å². The summed E-state index contributed by atoms with van der Waals surface area (Å²) in [7, 11) is 3.68. The lowest BCUT2D eigenvalue weighted by Crippen LogP contribution is -2.32. The Morgan fingerprint density at radius 1 is 0.960 bits per heavy atom. The van der Waals surface area contributed by atoms with E-state index in [1.165, 1.54) is 0 Å². The largest absolute Gasteiger partial charge is 0.494 e. The van der Waals surface area contributed by atoms with E-state index in [0.29, 0.717) is 66.3 Å². The molecular weight excluding hydrogens is 675 g/mol. The van der Waals surface area contributed by atoms with Gasteiger partial charge in [0.05, 0.1) is 45.8 Å². The summed E-state index contributed by atoms with van der Waals surface area (Å²) in [6.07, 6.45) is 3.53. The maximum Gasteiger partial charge on any atom is 0.335 e. The van der Waals surface area contributed by atoms with E-state index in [9.17, 15) is 9.90 Å². The molecule has 0 unspecified atom stereocenters. The highest BCUT2D eigenvalue weighted by Gasteiger charge is 2.33. The number of amides is 1. The van der Waals surface area contributed by atoms with Crippen molar-refractivity contribution < 1.29 is 19.4 Å². The standard InChI is InChI=1S/C38H38Cl2N6O4/c1-20-15-25(16-21(2)34(20)40)50-14-7-9-26-27-10-11-29(39)33(32-22(3)42-43(5)23(32)4)35(27)46-13-8-12-45(37(47)36(26)46)31-18-24(38(48)49)17-30-28(31)19-41-44(30)6/h10-11,15-19H,7-9,12-14H2,1-6H3,(H,48,49). The van der Waals surface area contributed by atoms with Crippen LogP contribution >= 0.6 is 23.2 Å². The van der Waals surface area contributed by atoms with Crippen molar-refractivity contribution in [2.24, 2.45) is 14.1 Å². The lowest BCUT2D eigenvalue weighted by Gasteiger charge is -2.22. The van der Waals surface area contributed by atoms with Gasteiger partial charge in [-0.1, -0.05) is 29.3 Å². The van der Waals surface area contributed by atoms with Gasteiger partial charge in [0.25, 0.3) is 5.91 Å². The number of aromatic nitrogens is 5. The van der Waals surface area contributed by atoms with E-state index in [1.54, 1.807) is 35.0 Å². The molecule has 258 valence electrons. The van der Waals surface area contributed by atoms with Crippen molar-refractivity contribution in [3.63, 3.8) is 0 Å². The zero-order chi connectivity index (χ0) is 35.6. The number of aryl methyl sites for hydroxylation is 7. The molecule has 1 N–H and O–H groups in total. The fourth-order valence-corrected chi connectivity index (χ4v) is 7.79. The topological polar surface area (TPSA) is 107 Å². The van der Waals surface area contributed by atoms with Gasteiger partial charge in [0.1, 0.15) is 11.4 Å². The van der Waals surface area contributed by atoms with Crippen LogP contribution in [0.2, 0.25) is 10.0 Å². The molecule has 1 aliphatic rings. The van der Waals surface area contributed by atoms with Crippen molar-refractivity contribution >= 4 is 62.6 Å². The molecule has 0 fully saturated rings. The highest BCUT2D eigenvalue weighted by atomic mass is 35.5. The van der Waals surface area contributed by atoms with Crippen LogP contribution in [0.15, 0.2) is 42.6 Å². The van der Waals surface area contributed by atoms with Crippen molar-refractivity contribution in [3.05, 3.63) is 92.0 Å². The van der Waals surface area contributed by atoms with Crippen molar-refractivity contribution in [3.8, 4) is 16.9 Å². The third-order valence-corrected chi connectivity index (χ3v) is 10.8. The Labute approximate surface area is 299 Å². The van der Waals surface area contributed by atoms with Gasteiger partial charge in [-0.25, -0.2) is 4.79 Å². The Hall–Kier alpha value is -4.80. The maximum atomic E-state index is 15.0. The summed E-state index contributed by atoms with van der Waals surface area (Å²) in [5.41, 5.74) is 9.16. The summed E-state index contributed by atoms with van der Waals surface area (Å²) >= 11 is 13.4. The molecule has 0 saturated carbocycles. The Morgan fingerprint density at radius 3 is 2.38 bits per heavy atom. The molecule has 0 aliphatic carbocycles. The monoisotopic (exact) mass is 712 g/mol. The Bertz CT molecular complexity index is 2350. The second-order valence-electron chi connectivity index (χ2n) is 13.1. The van der Waals surface area contributed by atoms with Gasteiger partial charge in [-0.15, -0.1) is 0 Å². The van der Waals surface area contributed by atoms with E-state index in [4.69, 9.17) is 33.0 Å². The fraction of sp³-hybridized carbons (Fsp3) is 0.316. The average molecular weight is 714 g/mol. The molecule has 0 spiro atoms. The van der Waals surface area contributed by atoms with Crippen molar-refractivity contribution in [2.75, 3.05) is 18.1 Å². The van der Waals surface area contributed by atoms with Crippen molar-refractivity contribution in [1.82, 2.24) is 24.1 Å². The van der Waals surface area contributed by atoms with Gasteiger partial charge >= 0.3 is 5.97 Å². The number of hydrogen-bond acceptors (Lipinski definition) is 5. The highest BCUT2D eigenvalue weighted by Crippen LogP contribution is 2.43. The summed E-state index contributed by atoms with van der Waals surface area (Å²) in [5, 5.41) is 22.1. The minimum absolute atomic E-state index is 0.0929. The van der Waals surface area contributed by atoms with E-state index in [0.717, 1.165) is 60.9 Å². The van der Waals surface area contributed by atoms with Crippen LogP contribution in [0.4, 0.5) is 5.69 Å². The number of carboxylic acid groups (broad SMARTS) is 1. The molecular formula is C38H38Cl2N6O4. The zero-order valence-corrected chi connectivity index (χ0v) is 30.4. The van der Waals surface area contributed by atoms with Crippen LogP contribution in [0.5, 0.6) is 5.75 Å². The van der Waals surface area contributed by atoms with Crippen LogP contribution in [0.3, 0.4) is 0 Å². The number of carboxylic acids is 1. The summed E-state index contributed by atoms with van der Waals surface area (Å²) in [6, 6.07) is 11.0. The zero-order valence-electron chi connectivity index (χ0n) is 28.9. The van der Waals surface area contributed by atoms with Crippen LogP contribution in [0, 0.1) is 27.7 Å². The number of halogens is 2. The Morgan fingerprint density at radius 2 is 1.70 bits per heavy atom. The molecule has 0 saturated heterocycles. The van der Waals surface area contributed by atoms with E-state index in [2.05, 4.69) is 9.67 Å². The quantitative estimate of drug-likeness (QED) is 0.159. The smallest absolute Gasteiger partial charge is 0.335 e. The first kappa shape index (κ1) is 33.7. The van der Waals surface area contributed by atoms with Gasteiger partial charge in [-0.2, -0.15) is 10.2 Å². The van der Waals surface area contributed by atoms with Crippen LogP contribution in [-0.2, 0) is 27.1 Å². The average Bonchev–Trinajstić information content (AvgIpc) is 3.64. The third kappa shape index (κ3) is 5.51. The Kier molecular flexibility index (Phi) is 8.64.